The Morgan fingerprint density at radius 1 is 1.00 bits per heavy atom. The van der Waals surface area contributed by atoms with Crippen molar-refractivity contribution in [3.05, 3.63) is 10.3 Å². The Bertz CT molecular complexity index is 305. The van der Waals surface area contributed by atoms with Gasteiger partial charge in [0.15, 0.2) is 0 Å². The zero-order valence-electron chi connectivity index (χ0n) is 11.0. The maximum atomic E-state index is 13.5. The molecule has 0 unspecified atom stereocenters. The van der Waals surface area contributed by atoms with Crippen LogP contribution in [0.2, 0.25) is 0 Å². The van der Waals surface area contributed by atoms with Gasteiger partial charge in [-0.25, -0.2) is 9.59 Å². The third-order valence-corrected chi connectivity index (χ3v) is 2.32. The lowest BCUT2D eigenvalue weighted by Gasteiger charge is -2.08. The van der Waals surface area contributed by atoms with E-state index in [-0.39, 0.29) is 25.0 Å². The summed E-state index contributed by atoms with van der Waals surface area (Å²) in [6.07, 6.45) is 0. The van der Waals surface area contributed by atoms with Crippen molar-refractivity contribution in [3.63, 3.8) is 0 Å². The number of hydrogen-bond acceptors (Lipinski definition) is 4. The number of hydrogen-bond donors (Lipinski definition) is 0. The summed E-state index contributed by atoms with van der Waals surface area (Å²) in [6, 6.07) is 0. The van der Waals surface area contributed by atoms with Crippen LogP contribution in [0.4, 0.5) is 4.39 Å². The minimum absolute atomic E-state index is 0.0908. The SMILES string of the molecule is CC(C)COC(=O)/C(F)=C(/Br)C(=O)OCC(C)C. The monoisotopic (exact) mass is 324 g/mol. The van der Waals surface area contributed by atoms with Crippen molar-refractivity contribution < 1.29 is 23.5 Å². The van der Waals surface area contributed by atoms with Gasteiger partial charge in [0, 0.05) is 0 Å². The number of carbonyl (C=O) groups excluding carboxylic acids is 2. The number of ether oxygens (including phenoxy) is 2. The molecule has 0 amide bonds. The van der Waals surface area contributed by atoms with Gasteiger partial charge in [0.1, 0.15) is 4.48 Å². The van der Waals surface area contributed by atoms with Crippen LogP contribution < -0.4 is 0 Å². The van der Waals surface area contributed by atoms with E-state index in [0.29, 0.717) is 0 Å². The first-order chi connectivity index (χ1) is 8.25. The molecule has 104 valence electrons. The molecule has 0 aromatic heterocycles. The van der Waals surface area contributed by atoms with E-state index in [1.807, 2.05) is 27.7 Å². The van der Waals surface area contributed by atoms with Crippen LogP contribution in [0.1, 0.15) is 27.7 Å². The first-order valence-corrected chi connectivity index (χ1v) is 6.44. The molecule has 0 saturated carbocycles. The molecule has 0 N–H and O–H groups in total. The second kappa shape index (κ2) is 8.24. The summed E-state index contributed by atoms with van der Waals surface area (Å²) >= 11 is 2.70. The summed E-state index contributed by atoms with van der Waals surface area (Å²) < 4.78 is 22.4. The molecule has 6 heteroatoms. The van der Waals surface area contributed by atoms with Gasteiger partial charge in [-0.3, -0.25) is 0 Å². The average Bonchev–Trinajstić information content (AvgIpc) is 2.30. The first kappa shape index (κ1) is 17.1. The zero-order valence-corrected chi connectivity index (χ0v) is 12.5. The fraction of sp³-hybridized carbons (Fsp3) is 0.667. The van der Waals surface area contributed by atoms with Gasteiger partial charge in [-0.05, 0) is 27.8 Å². The summed E-state index contributed by atoms with van der Waals surface area (Å²) in [7, 11) is 0. The summed E-state index contributed by atoms with van der Waals surface area (Å²) in [6.45, 7) is 7.58. The standard InChI is InChI=1S/C12H18BrFO4/c1-7(2)5-17-11(15)9(13)10(14)12(16)18-6-8(3)4/h7-8H,5-6H2,1-4H3/b10-9-. The molecule has 0 rings (SSSR count). The highest BCUT2D eigenvalue weighted by molar-refractivity contribution is 9.12. The maximum absolute atomic E-state index is 13.5. The normalized spacial score (nSPS) is 12.4. The van der Waals surface area contributed by atoms with Crippen LogP contribution in [0.25, 0.3) is 0 Å². The third kappa shape index (κ3) is 6.74. The largest absolute Gasteiger partial charge is 0.461 e. The van der Waals surface area contributed by atoms with Crippen LogP contribution in [0, 0.1) is 11.8 Å². The van der Waals surface area contributed by atoms with Crippen molar-refractivity contribution in [2.45, 2.75) is 27.7 Å². The van der Waals surface area contributed by atoms with Gasteiger partial charge < -0.3 is 9.47 Å². The predicted molar refractivity (Wildman–Crippen MR) is 68.7 cm³/mol. The van der Waals surface area contributed by atoms with Gasteiger partial charge in [0.05, 0.1) is 13.2 Å². The van der Waals surface area contributed by atoms with Gasteiger partial charge >= 0.3 is 11.9 Å². The van der Waals surface area contributed by atoms with E-state index < -0.39 is 22.2 Å². The van der Waals surface area contributed by atoms with E-state index in [4.69, 9.17) is 4.74 Å². The molecule has 18 heavy (non-hydrogen) atoms. The smallest absolute Gasteiger partial charge is 0.368 e. The van der Waals surface area contributed by atoms with Gasteiger partial charge in [0.2, 0.25) is 5.83 Å². The van der Waals surface area contributed by atoms with Crippen molar-refractivity contribution in [3.8, 4) is 0 Å². The Balaban J connectivity index is 4.49. The van der Waals surface area contributed by atoms with Crippen molar-refractivity contribution in [2.75, 3.05) is 13.2 Å². The fourth-order valence-corrected chi connectivity index (χ4v) is 1.07. The molecule has 0 bridgehead atoms. The Morgan fingerprint density at radius 2 is 1.39 bits per heavy atom. The number of esters is 2. The Labute approximate surface area is 115 Å². The summed E-state index contributed by atoms with van der Waals surface area (Å²) in [4.78, 5) is 22.6. The van der Waals surface area contributed by atoms with Gasteiger partial charge in [-0.2, -0.15) is 4.39 Å². The van der Waals surface area contributed by atoms with E-state index in [1.165, 1.54) is 0 Å². The zero-order chi connectivity index (χ0) is 14.3. The van der Waals surface area contributed by atoms with E-state index in [2.05, 4.69) is 20.7 Å². The lowest BCUT2D eigenvalue weighted by Crippen LogP contribution is -2.15. The van der Waals surface area contributed by atoms with Crippen LogP contribution in [0.3, 0.4) is 0 Å². The Kier molecular flexibility index (Phi) is 7.82. The number of carbonyl (C=O) groups is 2. The van der Waals surface area contributed by atoms with E-state index >= 15 is 0 Å². The second-order valence-corrected chi connectivity index (χ2v) is 5.41. The molecule has 0 aliphatic rings. The third-order valence-electron chi connectivity index (χ3n) is 1.65. The molecular weight excluding hydrogens is 307 g/mol. The van der Waals surface area contributed by atoms with E-state index in [1.54, 1.807) is 0 Å². The highest BCUT2D eigenvalue weighted by Gasteiger charge is 2.22. The quantitative estimate of drug-likeness (QED) is 0.556. The van der Waals surface area contributed by atoms with Crippen molar-refractivity contribution in [2.24, 2.45) is 11.8 Å². The van der Waals surface area contributed by atoms with Crippen LogP contribution >= 0.6 is 15.9 Å². The lowest BCUT2D eigenvalue weighted by atomic mass is 10.2. The van der Waals surface area contributed by atoms with E-state index in [9.17, 15) is 14.0 Å². The predicted octanol–water partition coefficient (Wildman–Crippen LogP) is 2.96. The molecule has 4 nitrogen and oxygen atoms in total. The lowest BCUT2D eigenvalue weighted by molar-refractivity contribution is -0.144. The highest BCUT2D eigenvalue weighted by Crippen LogP contribution is 2.17. The topological polar surface area (TPSA) is 52.6 Å². The molecular formula is C12H18BrFO4. The molecule has 0 radical (unpaired) electrons. The Morgan fingerprint density at radius 3 is 1.78 bits per heavy atom. The maximum Gasteiger partial charge on any atom is 0.368 e. The molecule has 0 heterocycles. The molecule has 0 atom stereocenters. The molecule has 0 aliphatic carbocycles. The van der Waals surface area contributed by atoms with E-state index in [0.717, 1.165) is 0 Å². The average molecular weight is 325 g/mol. The molecule has 0 aromatic carbocycles. The molecule has 0 saturated heterocycles. The van der Waals surface area contributed by atoms with Gasteiger partial charge in [0.25, 0.3) is 0 Å². The fourth-order valence-electron chi connectivity index (χ4n) is 0.791. The summed E-state index contributed by atoms with van der Waals surface area (Å²) in [5.74, 6) is -3.14. The van der Waals surface area contributed by atoms with Crippen molar-refractivity contribution >= 4 is 27.9 Å². The molecule has 0 fully saturated rings. The molecule has 0 spiro atoms. The highest BCUT2D eigenvalue weighted by atomic mass is 79.9. The minimum Gasteiger partial charge on any atom is -0.461 e. The first-order valence-electron chi connectivity index (χ1n) is 5.65. The second-order valence-electron chi connectivity index (χ2n) is 4.61. The van der Waals surface area contributed by atoms with Gasteiger partial charge in [-0.1, -0.05) is 27.7 Å². The van der Waals surface area contributed by atoms with Crippen LogP contribution in [-0.2, 0) is 19.1 Å². The summed E-state index contributed by atoms with van der Waals surface area (Å²) in [5, 5.41) is 0. The van der Waals surface area contributed by atoms with Crippen LogP contribution in [0.15, 0.2) is 10.3 Å². The van der Waals surface area contributed by atoms with Crippen LogP contribution in [-0.4, -0.2) is 25.2 Å². The van der Waals surface area contributed by atoms with Crippen molar-refractivity contribution in [1.82, 2.24) is 0 Å². The summed E-state index contributed by atoms with van der Waals surface area (Å²) in [5.41, 5.74) is 0. The molecule has 0 aromatic rings. The minimum atomic E-state index is -1.27. The number of halogens is 2. The van der Waals surface area contributed by atoms with Crippen LogP contribution in [0.5, 0.6) is 0 Å². The molecule has 0 aliphatic heterocycles. The number of rotatable bonds is 6. The van der Waals surface area contributed by atoms with Crippen molar-refractivity contribution in [1.29, 1.82) is 0 Å². The van der Waals surface area contributed by atoms with Gasteiger partial charge in [-0.15, -0.1) is 0 Å². The Hall–Kier alpha value is -0.910.